The van der Waals surface area contributed by atoms with Gasteiger partial charge in [0.25, 0.3) is 0 Å². The van der Waals surface area contributed by atoms with Gasteiger partial charge in [0.2, 0.25) is 5.91 Å². The molecule has 2 aliphatic rings. The summed E-state index contributed by atoms with van der Waals surface area (Å²) in [4.78, 5) is 18.3. The Hall–Kier alpha value is -0.940. The van der Waals surface area contributed by atoms with Crippen molar-refractivity contribution in [3.63, 3.8) is 0 Å². The lowest BCUT2D eigenvalue weighted by Gasteiger charge is -2.22. The van der Waals surface area contributed by atoms with Gasteiger partial charge in [-0.2, -0.15) is 0 Å². The Labute approximate surface area is 98.7 Å². The van der Waals surface area contributed by atoms with Gasteiger partial charge in [-0.1, -0.05) is 0 Å². The van der Waals surface area contributed by atoms with Crippen molar-refractivity contribution in [2.24, 2.45) is 0 Å². The van der Waals surface area contributed by atoms with Crippen molar-refractivity contribution in [2.45, 2.75) is 38.4 Å². The van der Waals surface area contributed by atoms with Crippen LogP contribution in [0.5, 0.6) is 0 Å². The highest BCUT2D eigenvalue weighted by molar-refractivity contribution is 7.09. The van der Waals surface area contributed by atoms with Crippen LogP contribution in [0.1, 0.15) is 23.5 Å². The first kappa shape index (κ1) is 10.2. The van der Waals surface area contributed by atoms with E-state index < -0.39 is 0 Å². The molecule has 1 aromatic rings. The van der Waals surface area contributed by atoms with Crippen molar-refractivity contribution in [1.29, 1.82) is 0 Å². The number of hydrogen-bond acceptors (Lipinski definition) is 4. The first-order valence-electron chi connectivity index (χ1n) is 5.68. The maximum absolute atomic E-state index is 11.9. The maximum Gasteiger partial charge on any atom is 0.224 e. The minimum Gasteiger partial charge on any atom is -0.332 e. The monoisotopic (exact) mass is 237 g/mol. The predicted molar refractivity (Wildman–Crippen MR) is 62.2 cm³/mol. The lowest BCUT2D eigenvalue weighted by Crippen LogP contribution is -2.35. The second kappa shape index (κ2) is 3.82. The number of amides is 1. The third kappa shape index (κ3) is 1.64. The Morgan fingerprint density at radius 3 is 3.31 bits per heavy atom. The molecule has 5 heteroatoms. The van der Waals surface area contributed by atoms with Gasteiger partial charge in [-0.05, 0) is 19.9 Å². The van der Waals surface area contributed by atoms with E-state index in [9.17, 15) is 4.79 Å². The molecular formula is C11H15N3OS. The van der Waals surface area contributed by atoms with E-state index in [0.29, 0.717) is 25.0 Å². The highest BCUT2D eigenvalue weighted by Gasteiger charge is 2.42. The number of fused-ring (bicyclic) bond motifs is 1. The summed E-state index contributed by atoms with van der Waals surface area (Å²) in [6, 6.07) is 0.779. The third-order valence-corrected chi connectivity index (χ3v) is 4.25. The second-order valence-electron chi connectivity index (χ2n) is 4.50. The lowest BCUT2D eigenvalue weighted by molar-refractivity contribution is -0.129. The molecule has 3 rings (SSSR count). The normalized spacial score (nSPS) is 28.8. The molecule has 1 N–H and O–H groups in total. The Morgan fingerprint density at radius 1 is 1.69 bits per heavy atom. The van der Waals surface area contributed by atoms with Gasteiger partial charge in [0.15, 0.2) is 0 Å². The Balaban J connectivity index is 1.76. The van der Waals surface area contributed by atoms with Crippen molar-refractivity contribution in [3.8, 4) is 0 Å². The topological polar surface area (TPSA) is 45.2 Å². The summed E-state index contributed by atoms with van der Waals surface area (Å²) in [6.45, 7) is 3.72. The van der Waals surface area contributed by atoms with Crippen LogP contribution in [-0.2, 0) is 11.3 Å². The number of hydrogen-bond donors (Lipinski definition) is 1. The molecule has 0 bridgehead atoms. The molecule has 0 aliphatic carbocycles. The van der Waals surface area contributed by atoms with E-state index >= 15 is 0 Å². The second-order valence-corrected chi connectivity index (χ2v) is 5.56. The van der Waals surface area contributed by atoms with Crippen molar-refractivity contribution >= 4 is 17.2 Å². The molecule has 2 atom stereocenters. The number of thiazole rings is 1. The Bertz CT molecular complexity index is 417. The highest BCUT2D eigenvalue weighted by atomic mass is 32.1. The van der Waals surface area contributed by atoms with E-state index in [-0.39, 0.29) is 5.91 Å². The van der Waals surface area contributed by atoms with Crippen LogP contribution in [0.25, 0.3) is 0 Å². The molecule has 0 spiro atoms. The summed E-state index contributed by atoms with van der Waals surface area (Å²) in [6.07, 6.45) is 1.74. The van der Waals surface area contributed by atoms with E-state index in [0.717, 1.165) is 23.7 Å². The number of carbonyl (C=O) groups excluding carboxylic acids is 1. The zero-order valence-electron chi connectivity index (χ0n) is 9.27. The molecule has 3 heterocycles. The van der Waals surface area contributed by atoms with Crippen molar-refractivity contribution < 1.29 is 4.79 Å². The largest absolute Gasteiger partial charge is 0.332 e. The molecule has 4 nitrogen and oxygen atoms in total. The molecule has 0 aromatic carbocycles. The molecular weight excluding hydrogens is 222 g/mol. The van der Waals surface area contributed by atoms with E-state index in [1.807, 2.05) is 11.8 Å². The van der Waals surface area contributed by atoms with Crippen LogP contribution in [0.15, 0.2) is 5.38 Å². The number of nitrogens with one attached hydrogen (secondary N) is 1. The molecule has 2 aliphatic heterocycles. The van der Waals surface area contributed by atoms with E-state index in [2.05, 4.69) is 15.7 Å². The van der Waals surface area contributed by atoms with Gasteiger partial charge >= 0.3 is 0 Å². The van der Waals surface area contributed by atoms with Gasteiger partial charge in [-0.25, -0.2) is 4.98 Å². The molecule has 0 saturated carbocycles. The molecule has 0 unspecified atom stereocenters. The van der Waals surface area contributed by atoms with E-state index in [1.54, 1.807) is 11.3 Å². The molecule has 2 saturated heterocycles. The van der Waals surface area contributed by atoms with Gasteiger partial charge in [0, 0.05) is 23.9 Å². The van der Waals surface area contributed by atoms with Gasteiger partial charge in [0.05, 0.1) is 17.2 Å². The van der Waals surface area contributed by atoms with Crippen LogP contribution in [-0.4, -0.2) is 34.4 Å². The quantitative estimate of drug-likeness (QED) is 0.831. The summed E-state index contributed by atoms with van der Waals surface area (Å²) in [5.74, 6) is 0.271. The highest BCUT2D eigenvalue weighted by Crippen LogP contribution is 2.27. The average Bonchev–Trinajstić information content (AvgIpc) is 2.88. The van der Waals surface area contributed by atoms with Crippen LogP contribution in [0, 0.1) is 6.92 Å². The van der Waals surface area contributed by atoms with Crippen molar-refractivity contribution in [2.75, 3.05) is 6.54 Å². The maximum atomic E-state index is 11.9. The first-order chi connectivity index (χ1) is 7.74. The van der Waals surface area contributed by atoms with Crippen molar-refractivity contribution in [1.82, 2.24) is 15.2 Å². The molecule has 0 radical (unpaired) electrons. The number of aromatic nitrogens is 1. The summed E-state index contributed by atoms with van der Waals surface area (Å²) in [5.41, 5.74) is 1.03. The van der Waals surface area contributed by atoms with Gasteiger partial charge in [-0.3, -0.25) is 4.79 Å². The lowest BCUT2D eigenvalue weighted by atomic mass is 10.1. The summed E-state index contributed by atoms with van der Waals surface area (Å²) in [5, 5.41) is 6.52. The standard InChI is InChI=1S/C11H15N3OS/c1-7-13-8(6-16-7)5-14-10-2-3-12-9(10)4-11(14)15/h6,9-10,12H,2-5H2,1H3/t9-,10-/m1/s1. The molecule has 1 amide bonds. The van der Waals surface area contributed by atoms with Gasteiger partial charge in [-0.15, -0.1) is 11.3 Å². The van der Waals surface area contributed by atoms with E-state index in [4.69, 9.17) is 0 Å². The van der Waals surface area contributed by atoms with Crippen LogP contribution >= 0.6 is 11.3 Å². The summed E-state index contributed by atoms with van der Waals surface area (Å²) >= 11 is 1.65. The van der Waals surface area contributed by atoms with E-state index in [1.165, 1.54) is 0 Å². The van der Waals surface area contributed by atoms with Crippen LogP contribution in [0.2, 0.25) is 0 Å². The molecule has 1 aromatic heterocycles. The number of nitrogens with zero attached hydrogens (tertiary/aromatic N) is 2. The molecule has 16 heavy (non-hydrogen) atoms. The average molecular weight is 237 g/mol. The smallest absolute Gasteiger partial charge is 0.224 e. The number of carbonyl (C=O) groups is 1. The number of rotatable bonds is 2. The van der Waals surface area contributed by atoms with Gasteiger partial charge in [0.1, 0.15) is 0 Å². The van der Waals surface area contributed by atoms with Crippen LogP contribution in [0.4, 0.5) is 0 Å². The minimum absolute atomic E-state index is 0.271. The number of likely N-dealkylation sites (tertiary alicyclic amines) is 1. The summed E-state index contributed by atoms with van der Waals surface area (Å²) in [7, 11) is 0. The molecule has 2 fully saturated rings. The summed E-state index contributed by atoms with van der Waals surface area (Å²) < 4.78 is 0. The fraction of sp³-hybridized carbons (Fsp3) is 0.636. The van der Waals surface area contributed by atoms with Crippen LogP contribution < -0.4 is 5.32 Å². The zero-order valence-corrected chi connectivity index (χ0v) is 10.1. The van der Waals surface area contributed by atoms with Gasteiger partial charge < -0.3 is 10.2 Å². The fourth-order valence-corrected chi connectivity index (χ4v) is 3.29. The first-order valence-corrected chi connectivity index (χ1v) is 6.56. The Morgan fingerprint density at radius 2 is 2.56 bits per heavy atom. The molecule has 86 valence electrons. The minimum atomic E-state index is 0.271. The SMILES string of the molecule is Cc1nc(CN2C(=O)C[C@H]3NCC[C@H]32)cs1. The number of aryl methyl sites for hydroxylation is 1. The van der Waals surface area contributed by atoms with Crippen molar-refractivity contribution in [3.05, 3.63) is 16.1 Å². The fourth-order valence-electron chi connectivity index (χ4n) is 2.69. The predicted octanol–water partition coefficient (Wildman–Crippen LogP) is 0.914. The third-order valence-electron chi connectivity index (χ3n) is 3.43. The van der Waals surface area contributed by atoms with Crippen LogP contribution in [0.3, 0.4) is 0 Å². The zero-order chi connectivity index (χ0) is 11.1. The Kier molecular flexibility index (Phi) is 2.44.